The van der Waals surface area contributed by atoms with Crippen LogP contribution in [0.2, 0.25) is 0 Å². The zero-order valence-electron chi connectivity index (χ0n) is 9.36. The summed E-state index contributed by atoms with van der Waals surface area (Å²) in [6, 6.07) is 0. The normalized spacial score (nSPS) is 33.1. The van der Waals surface area contributed by atoms with Crippen LogP contribution in [-0.2, 0) is 19.1 Å². The fraction of sp³-hybridized carbons (Fsp3) is 0.583. The molecule has 1 aliphatic heterocycles. The molecule has 0 amide bonds. The van der Waals surface area contributed by atoms with Gasteiger partial charge in [0.2, 0.25) is 0 Å². The molecule has 4 heteroatoms. The Balaban J connectivity index is 2.25. The Morgan fingerprint density at radius 1 is 1.50 bits per heavy atom. The van der Waals surface area contributed by atoms with Crippen LogP contribution < -0.4 is 0 Å². The van der Waals surface area contributed by atoms with Gasteiger partial charge in [-0.2, -0.15) is 0 Å². The van der Waals surface area contributed by atoms with Gasteiger partial charge < -0.3 is 4.74 Å². The first kappa shape index (κ1) is 11.0. The fourth-order valence-electron chi connectivity index (χ4n) is 2.58. The van der Waals surface area contributed by atoms with E-state index in [-0.39, 0.29) is 35.8 Å². The van der Waals surface area contributed by atoms with Crippen molar-refractivity contribution in [2.75, 3.05) is 0 Å². The van der Waals surface area contributed by atoms with Crippen LogP contribution in [0, 0.1) is 11.8 Å². The number of Topliss-reactive ketones (excluding diaryl/α,β-unsaturated/α-hetero) is 1. The maximum atomic E-state index is 11.6. The van der Waals surface area contributed by atoms with Crippen LogP contribution in [0.4, 0.5) is 0 Å². The molecule has 1 saturated heterocycles. The number of hydrogen-bond acceptors (Lipinski definition) is 4. The molecule has 1 fully saturated rings. The lowest BCUT2D eigenvalue weighted by atomic mass is 9.76. The Morgan fingerprint density at radius 3 is 2.81 bits per heavy atom. The second-order valence-corrected chi connectivity index (χ2v) is 4.58. The van der Waals surface area contributed by atoms with E-state index in [1.807, 2.05) is 0 Å². The molecule has 1 heterocycles. The van der Waals surface area contributed by atoms with Gasteiger partial charge in [-0.05, 0) is 19.9 Å². The first-order valence-electron chi connectivity index (χ1n) is 5.40. The van der Waals surface area contributed by atoms with Crippen LogP contribution >= 0.6 is 0 Å². The predicted molar refractivity (Wildman–Crippen MR) is 55.5 cm³/mol. The van der Waals surface area contributed by atoms with E-state index in [1.165, 1.54) is 13.0 Å². The molecule has 2 aliphatic rings. The van der Waals surface area contributed by atoms with Crippen LogP contribution in [0.1, 0.15) is 26.7 Å². The molecular formula is C12H14O4. The summed E-state index contributed by atoms with van der Waals surface area (Å²) >= 11 is 0. The highest BCUT2D eigenvalue weighted by Crippen LogP contribution is 2.40. The molecule has 0 unspecified atom stereocenters. The van der Waals surface area contributed by atoms with Crippen molar-refractivity contribution in [3.63, 3.8) is 0 Å². The molecule has 0 N–H and O–H groups in total. The maximum absolute atomic E-state index is 11.6. The second kappa shape index (κ2) is 3.85. The van der Waals surface area contributed by atoms with Gasteiger partial charge in [-0.3, -0.25) is 14.4 Å². The average Bonchev–Trinajstić information content (AvgIpc) is 2.41. The lowest BCUT2D eigenvalue weighted by molar-refractivity contribution is -0.144. The highest BCUT2D eigenvalue weighted by atomic mass is 16.6. The molecule has 0 spiro atoms. The van der Waals surface area contributed by atoms with Gasteiger partial charge in [0.05, 0.1) is 5.92 Å². The standard InChI is InChI=1S/C12H14O4/c1-6-3-8(14)5-9-10(4-7(2)13)16-12(15)11(6)9/h3,9-11H,4-5H2,1-2H3/t9-,10-,11-/m1/s1. The van der Waals surface area contributed by atoms with Crippen molar-refractivity contribution in [1.29, 1.82) is 0 Å². The smallest absolute Gasteiger partial charge is 0.313 e. The van der Waals surface area contributed by atoms with Crippen LogP contribution in [-0.4, -0.2) is 23.6 Å². The van der Waals surface area contributed by atoms with Crippen LogP contribution in [0.3, 0.4) is 0 Å². The lowest BCUT2D eigenvalue weighted by Gasteiger charge is -2.23. The van der Waals surface area contributed by atoms with Crippen molar-refractivity contribution in [1.82, 2.24) is 0 Å². The van der Waals surface area contributed by atoms with Crippen molar-refractivity contribution in [2.45, 2.75) is 32.8 Å². The Labute approximate surface area is 93.7 Å². The van der Waals surface area contributed by atoms with E-state index in [1.54, 1.807) is 6.92 Å². The third-order valence-corrected chi connectivity index (χ3v) is 3.23. The molecule has 0 aromatic heterocycles. The van der Waals surface area contributed by atoms with E-state index in [2.05, 4.69) is 0 Å². The molecule has 0 aromatic carbocycles. The van der Waals surface area contributed by atoms with Crippen LogP contribution in [0.5, 0.6) is 0 Å². The number of ketones is 2. The SMILES string of the molecule is CC(=O)C[C@H]1OC(=O)[C@@H]2C(C)=CC(=O)C[C@@H]21. The highest BCUT2D eigenvalue weighted by Gasteiger charge is 2.48. The van der Waals surface area contributed by atoms with Gasteiger partial charge in [-0.15, -0.1) is 0 Å². The number of ether oxygens (including phenoxy) is 1. The quantitative estimate of drug-likeness (QED) is 0.655. The van der Waals surface area contributed by atoms with Crippen molar-refractivity contribution >= 4 is 17.5 Å². The van der Waals surface area contributed by atoms with Gasteiger partial charge in [0.15, 0.2) is 5.78 Å². The number of carbonyl (C=O) groups is 3. The van der Waals surface area contributed by atoms with E-state index < -0.39 is 6.10 Å². The van der Waals surface area contributed by atoms with E-state index in [4.69, 9.17) is 4.74 Å². The minimum atomic E-state index is -0.414. The molecule has 0 saturated carbocycles. The van der Waals surface area contributed by atoms with Gasteiger partial charge in [0.25, 0.3) is 0 Å². The Kier molecular flexibility index (Phi) is 2.66. The monoisotopic (exact) mass is 222 g/mol. The van der Waals surface area contributed by atoms with E-state index in [9.17, 15) is 14.4 Å². The molecule has 1 aliphatic carbocycles. The Hall–Kier alpha value is -1.45. The summed E-state index contributed by atoms with van der Waals surface area (Å²) in [5, 5.41) is 0. The van der Waals surface area contributed by atoms with Crippen LogP contribution in [0.25, 0.3) is 0 Å². The number of rotatable bonds is 2. The first-order chi connectivity index (χ1) is 7.49. The number of hydrogen-bond donors (Lipinski definition) is 0. The van der Waals surface area contributed by atoms with Gasteiger partial charge in [-0.1, -0.05) is 5.57 Å². The number of esters is 1. The molecule has 2 rings (SSSR count). The van der Waals surface area contributed by atoms with Gasteiger partial charge >= 0.3 is 5.97 Å². The summed E-state index contributed by atoms with van der Waals surface area (Å²) in [5.41, 5.74) is 0.761. The van der Waals surface area contributed by atoms with Crippen molar-refractivity contribution in [3.8, 4) is 0 Å². The Bertz CT molecular complexity index is 394. The fourth-order valence-corrected chi connectivity index (χ4v) is 2.58. The van der Waals surface area contributed by atoms with E-state index in [0.717, 1.165) is 5.57 Å². The zero-order valence-corrected chi connectivity index (χ0v) is 9.36. The molecule has 16 heavy (non-hydrogen) atoms. The lowest BCUT2D eigenvalue weighted by Crippen LogP contribution is -2.29. The van der Waals surface area contributed by atoms with Gasteiger partial charge in [0, 0.05) is 18.8 Å². The number of cyclic esters (lactones) is 1. The summed E-state index contributed by atoms with van der Waals surface area (Å²) in [6.07, 6.45) is 1.63. The summed E-state index contributed by atoms with van der Waals surface area (Å²) in [6.45, 7) is 3.24. The topological polar surface area (TPSA) is 60.4 Å². The van der Waals surface area contributed by atoms with Crippen molar-refractivity contribution in [2.24, 2.45) is 11.8 Å². The van der Waals surface area contributed by atoms with Gasteiger partial charge in [0.1, 0.15) is 11.9 Å². The molecule has 0 aromatic rings. The maximum Gasteiger partial charge on any atom is 0.313 e. The third kappa shape index (κ3) is 1.79. The molecular weight excluding hydrogens is 208 g/mol. The third-order valence-electron chi connectivity index (χ3n) is 3.23. The molecule has 0 radical (unpaired) electrons. The van der Waals surface area contributed by atoms with Crippen molar-refractivity contribution in [3.05, 3.63) is 11.6 Å². The Morgan fingerprint density at radius 2 is 2.19 bits per heavy atom. The molecule has 0 bridgehead atoms. The zero-order chi connectivity index (χ0) is 11.9. The van der Waals surface area contributed by atoms with Gasteiger partial charge in [-0.25, -0.2) is 0 Å². The summed E-state index contributed by atoms with van der Waals surface area (Å²) in [4.78, 5) is 34.1. The second-order valence-electron chi connectivity index (χ2n) is 4.58. The first-order valence-corrected chi connectivity index (χ1v) is 5.40. The van der Waals surface area contributed by atoms with Crippen LogP contribution in [0.15, 0.2) is 11.6 Å². The minimum Gasteiger partial charge on any atom is -0.461 e. The molecule has 3 atom stereocenters. The van der Waals surface area contributed by atoms with Crippen molar-refractivity contribution < 1.29 is 19.1 Å². The average molecular weight is 222 g/mol. The summed E-state index contributed by atoms with van der Waals surface area (Å²) in [5.74, 6) is -0.753. The predicted octanol–water partition coefficient (Wildman–Crippen LogP) is 1.04. The summed E-state index contributed by atoms with van der Waals surface area (Å²) < 4.78 is 5.19. The number of allylic oxidation sites excluding steroid dienone is 1. The number of carbonyl (C=O) groups excluding carboxylic acids is 3. The highest BCUT2D eigenvalue weighted by molar-refractivity contribution is 5.95. The molecule has 4 nitrogen and oxygen atoms in total. The largest absolute Gasteiger partial charge is 0.461 e. The molecule has 86 valence electrons. The summed E-state index contributed by atoms with van der Waals surface area (Å²) in [7, 11) is 0. The van der Waals surface area contributed by atoms with E-state index >= 15 is 0 Å². The minimum absolute atomic E-state index is 0.0156. The van der Waals surface area contributed by atoms with E-state index in [0.29, 0.717) is 6.42 Å². The number of fused-ring (bicyclic) bond motifs is 1.